The number of amides is 2. The molecule has 2 amide bonds. The van der Waals surface area contributed by atoms with Crippen LogP contribution in [0.3, 0.4) is 0 Å². The summed E-state index contributed by atoms with van der Waals surface area (Å²) >= 11 is 0. The smallest absolute Gasteiger partial charge is 0.317 e. The first kappa shape index (κ1) is 14.2. The molecular formula is C14H24N2O3. The van der Waals surface area contributed by atoms with Gasteiger partial charge >= 0.3 is 12.0 Å². The zero-order chi connectivity index (χ0) is 13.8. The molecule has 2 fully saturated rings. The topological polar surface area (TPSA) is 69.6 Å². The Bertz CT molecular complexity index is 346. The predicted octanol–water partition coefficient (Wildman–Crippen LogP) is 2.07. The number of carboxylic acid groups (broad SMARTS) is 1. The molecule has 1 saturated heterocycles. The summed E-state index contributed by atoms with van der Waals surface area (Å²) < 4.78 is 0. The molecule has 0 aromatic carbocycles. The fraction of sp³-hybridized carbons (Fsp3) is 0.857. The maximum absolute atomic E-state index is 12.2. The third-order valence-electron chi connectivity index (χ3n) is 4.41. The molecule has 3 atom stereocenters. The highest BCUT2D eigenvalue weighted by Crippen LogP contribution is 2.26. The van der Waals surface area contributed by atoms with Gasteiger partial charge in [0.05, 0.1) is 5.92 Å². The molecule has 0 aromatic rings. The molecule has 1 aliphatic heterocycles. The lowest BCUT2D eigenvalue weighted by molar-refractivity contribution is -0.141. The van der Waals surface area contributed by atoms with E-state index in [2.05, 4.69) is 12.2 Å². The number of hydrogen-bond donors (Lipinski definition) is 2. The number of nitrogens with zero attached hydrogens (tertiary/aromatic N) is 1. The molecule has 1 aliphatic carbocycles. The van der Waals surface area contributed by atoms with Crippen LogP contribution in [0.2, 0.25) is 0 Å². The summed E-state index contributed by atoms with van der Waals surface area (Å²) in [5, 5.41) is 12.0. The number of rotatable bonds is 2. The molecule has 1 saturated carbocycles. The number of hydrogen-bond acceptors (Lipinski definition) is 2. The first-order valence-corrected chi connectivity index (χ1v) is 7.34. The maximum Gasteiger partial charge on any atom is 0.317 e. The first-order chi connectivity index (χ1) is 9.06. The third-order valence-corrected chi connectivity index (χ3v) is 4.41. The number of carboxylic acids is 1. The molecule has 0 radical (unpaired) electrons. The van der Waals surface area contributed by atoms with Gasteiger partial charge in [0.15, 0.2) is 0 Å². The van der Waals surface area contributed by atoms with E-state index in [1.54, 1.807) is 0 Å². The molecule has 0 bridgehead atoms. The van der Waals surface area contributed by atoms with E-state index in [-0.39, 0.29) is 18.0 Å². The Hall–Kier alpha value is -1.26. The van der Waals surface area contributed by atoms with Crippen molar-refractivity contribution < 1.29 is 14.7 Å². The molecule has 19 heavy (non-hydrogen) atoms. The summed E-state index contributed by atoms with van der Waals surface area (Å²) in [7, 11) is 0. The van der Waals surface area contributed by atoms with E-state index in [0.717, 1.165) is 32.4 Å². The van der Waals surface area contributed by atoms with Crippen LogP contribution < -0.4 is 5.32 Å². The fourth-order valence-corrected chi connectivity index (χ4v) is 3.07. The van der Waals surface area contributed by atoms with E-state index in [1.165, 1.54) is 6.42 Å². The Balaban J connectivity index is 1.79. The van der Waals surface area contributed by atoms with Crippen molar-refractivity contribution in [3.63, 3.8) is 0 Å². The van der Waals surface area contributed by atoms with E-state index < -0.39 is 5.97 Å². The SMILES string of the molecule is CC1CCCN(C(=O)N[C@H]2CC[C@@H](C(=O)O)C2)CC1. The number of urea groups is 1. The Morgan fingerprint density at radius 2 is 1.95 bits per heavy atom. The lowest BCUT2D eigenvalue weighted by atomic mass is 10.0. The summed E-state index contributed by atoms with van der Waals surface area (Å²) in [4.78, 5) is 24.9. The van der Waals surface area contributed by atoms with Crippen molar-refractivity contribution in [2.75, 3.05) is 13.1 Å². The Kier molecular flexibility index (Phi) is 4.66. The predicted molar refractivity (Wildman–Crippen MR) is 71.9 cm³/mol. The highest BCUT2D eigenvalue weighted by Gasteiger charge is 2.31. The molecule has 1 heterocycles. The van der Waals surface area contributed by atoms with Crippen LogP contribution in [0, 0.1) is 11.8 Å². The monoisotopic (exact) mass is 268 g/mol. The second-order valence-electron chi connectivity index (χ2n) is 6.02. The van der Waals surface area contributed by atoms with Crippen LogP contribution in [0.1, 0.15) is 45.4 Å². The number of carbonyl (C=O) groups is 2. The van der Waals surface area contributed by atoms with Gasteiger partial charge in [0, 0.05) is 19.1 Å². The molecule has 5 heteroatoms. The van der Waals surface area contributed by atoms with Crippen LogP contribution in [0.15, 0.2) is 0 Å². The summed E-state index contributed by atoms with van der Waals surface area (Å²) in [5.74, 6) is -0.324. The van der Waals surface area contributed by atoms with Crippen molar-refractivity contribution in [3.05, 3.63) is 0 Å². The maximum atomic E-state index is 12.2. The molecule has 2 rings (SSSR count). The number of likely N-dealkylation sites (tertiary alicyclic amines) is 1. The second kappa shape index (κ2) is 6.26. The third kappa shape index (κ3) is 3.85. The van der Waals surface area contributed by atoms with Crippen LogP contribution in [0.4, 0.5) is 4.79 Å². The molecule has 2 aliphatic rings. The quantitative estimate of drug-likeness (QED) is 0.805. The lowest BCUT2D eigenvalue weighted by Crippen LogP contribution is -2.44. The van der Waals surface area contributed by atoms with Gasteiger partial charge in [-0.3, -0.25) is 4.79 Å². The van der Waals surface area contributed by atoms with E-state index in [1.807, 2.05) is 4.90 Å². The van der Waals surface area contributed by atoms with E-state index in [4.69, 9.17) is 5.11 Å². The summed E-state index contributed by atoms with van der Waals surface area (Å²) in [6, 6.07) is 0.0272. The van der Waals surface area contributed by atoms with Gasteiger partial charge in [-0.05, 0) is 44.4 Å². The number of carbonyl (C=O) groups excluding carboxylic acids is 1. The molecule has 5 nitrogen and oxygen atoms in total. The normalized spacial score (nSPS) is 31.8. The standard InChI is InChI=1S/C14H24N2O3/c1-10-3-2-7-16(8-6-10)14(19)15-12-5-4-11(9-12)13(17)18/h10-12H,2-9H2,1H3,(H,15,19)(H,17,18)/t10?,11-,12+/m1/s1. The van der Waals surface area contributed by atoms with Crippen LogP contribution >= 0.6 is 0 Å². The van der Waals surface area contributed by atoms with Crippen molar-refractivity contribution in [1.29, 1.82) is 0 Å². The first-order valence-electron chi connectivity index (χ1n) is 7.34. The number of aliphatic carboxylic acids is 1. The minimum Gasteiger partial charge on any atom is -0.481 e. The Labute approximate surface area is 114 Å². The van der Waals surface area contributed by atoms with Crippen LogP contribution in [0.5, 0.6) is 0 Å². The van der Waals surface area contributed by atoms with Crippen LogP contribution in [0.25, 0.3) is 0 Å². The fourth-order valence-electron chi connectivity index (χ4n) is 3.07. The lowest BCUT2D eigenvalue weighted by Gasteiger charge is -2.23. The minimum absolute atomic E-state index is 0.00913. The summed E-state index contributed by atoms with van der Waals surface area (Å²) in [5.41, 5.74) is 0. The van der Waals surface area contributed by atoms with Crippen molar-refractivity contribution >= 4 is 12.0 Å². The average molecular weight is 268 g/mol. The van der Waals surface area contributed by atoms with Gasteiger partial charge in [-0.15, -0.1) is 0 Å². The van der Waals surface area contributed by atoms with Crippen molar-refractivity contribution in [1.82, 2.24) is 10.2 Å². The number of nitrogens with one attached hydrogen (secondary N) is 1. The molecule has 2 N–H and O–H groups in total. The van der Waals surface area contributed by atoms with Crippen LogP contribution in [-0.4, -0.2) is 41.1 Å². The Morgan fingerprint density at radius 3 is 2.63 bits per heavy atom. The molecule has 108 valence electrons. The van der Waals surface area contributed by atoms with Crippen molar-refractivity contribution in [3.8, 4) is 0 Å². The molecule has 1 unspecified atom stereocenters. The zero-order valence-electron chi connectivity index (χ0n) is 11.6. The molecular weight excluding hydrogens is 244 g/mol. The van der Waals surface area contributed by atoms with Crippen molar-refractivity contribution in [2.45, 2.75) is 51.5 Å². The van der Waals surface area contributed by atoms with Crippen molar-refractivity contribution in [2.24, 2.45) is 11.8 Å². The highest BCUT2D eigenvalue weighted by molar-refractivity contribution is 5.75. The zero-order valence-corrected chi connectivity index (χ0v) is 11.6. The van der Waals surface area contributed by atoms with E-state index in [0.29, 0.717) is 18.8 Å². The van der Waals surface area contributed by atoms with Gasteiger partial charge in [0.2, 0.25) is 0 Å². The van der Waals surface area contributed by atoms with Gasteiger partial charge in [-0.25, -0.2) is 4.79 Å². The summed E-state index contributed by atoms with van der Waals surface area (Å²) in [6.45, 7) is 3.88. The van der Waals surface area contributed by atoms with Gasteiger partial charge in [0.25, 0.3) is 0 Å². The van der Waals surface area contributed by atoms with Gasteiger partial charge in [0.1, 0.15) is 0 Å². The Morgan fingerprint density at radius 1 is 1.16 bits per heavy atom. The highest BCUT2D eigenvalue weighted by atomic mass is 16.4. The van der Waals surface area contributed by atoms with Crippen LogP contribution in [-0.2, 0) is 4.79 Å². The van der Waals surface area contributed by atoms with Gasteiger partial charge in [-0.2, -0.15) is 0 Å². The second-order valence-corrected chi connectivity index (χ2v) is 6.02. The summed E-state index contributed by atoms with van der Waals surface area (Å²) in [6.07, 6.45) is 5.36. The van der Waals surface area contributed by atoms with E-state index >= 15 is 0 Å². The molecule has 0 aromatic heterocycles. The largest absolute Gasteiger partial charge is 0.481 e. The van der Waals surface area contributed by atoms with Gasteiger partial charge in [-0.1, -0.05) is 6.92 Å². The van der Waals surface area contributed by atoms with E-state index in [9.17, 15) is 9.59 Å². The minimum atomic E-state index is -0.736. The van der Waals surface area contributed by atoms with Gasteiger partial charge < -0.3 is 15.3 Å². The average Bonchev–Trinajstić information content (AvgIpc) is 2.71. The molecule has 0 spiro atoms.